The number of benzene rings is 2. The van der Waals surface area contributed by atoms with Crippen LogP contribution in [0.5, 0.6) is 11.6 Å². The molecule has 4 N–H and O–H groups in total. The Morgan fingerprint density at radius 2 is 1.98 bits per heavy atom. The van der Waals surface area contributed by atoms with Crippen LogP contribution in [0, 0.1) is 11.2 Å². The van der Waals surface area contributed by atoms with E-state index in [4.69, 9.17) is 14.9 Å². The van der Waals surface area contributed by atoms with Crippen molar-refractivity contribution in [2.45, 2.75) is 18.5 Å². The number of pyridine rings is 1. The summed E-state index contributed by atoms with van der Waals surface area (Å²) in [6, 6.07) is 9.42. The minimum absolute atomic E-state index is 0.00559. The van der Waals surface area contributed by atoms with Gasteiger partial charge in [0.25, 0.3) is 11.9 Å². The molecule has 0 bridgehead atoms. The number of ether oxygens (including phenoxy) is 2. The number of aliphatic imine (C=N–C) groups is 2. The van der Waals surface area contributed by atoms with Crippen LogP contribution in [-0.2, 0) is 23.2 Å². The summed E-state index contributed by atoms with van der Waals surface area (Å²) in [4.78, 5) is 27.6. The number of amidine groups is 1. The predicted molar refractivity (Wildman–Crippen MR) is 145 cm³/mol. The zero-order chi connectivity index (χ0) is 29.9. The van der Waals surface area contributed by atoms with Gasteiger partial charge in [-0.05, 0) is 55.1 Å². The Labute approximate surface area is 236 Å². The topological polar surface area (TPSA) is 136 Å². The standard InChI is InChI=1S/C27H24F4N8O3/c1-33-27(36-14-34-15-37-27)20-3-2-8-35-24(20)42-18-6-7-21(28)19(12-18)23(40)38-22-11-17(26(29,30)31)5-4-16(22)13-39-9-10-41-25(39)32/h2-8,11-12,14-15,32-33H,9-10,13H2,1H3,(H,38,40)(H,34,36,37). The lowest BCUT2D eigenvalue weighted by molar-refractivity contribution is -0.137. The highest BCUT2D eigenvalue weighted by atomic mass is 19.4. The van der Waals surface area contributed by atoms with Crippen molar-refractivity contribution in [3.8, 4) is 11.6 Å². The normalized spacial score (nSPS) is 15.7. The number of hydrogen-bond donors (Lipinski definition) is 4. The van der Waals surface area contributed by atoms with Crippen molar-refractivity contribution >= 4 is 30.3 Å². The minimum Gasteiger partial charge on any atom is -0.463 e. The largest absolute Gasteiger partial charge is 0.463 e. The molecule has 0 radical (unpaired) electrons. The summed E-state index contributed by atoms with van der Waals surface area (Å²) in [5.74, 6) is -3.10. The van der Waals surface area contributed by atoms with E-state index in [1.807, 2.05) is 0 Å². The number of carbonyl (C=O) groups is 1. The van der Waals surface area contributed by atoms with Crippen molar-refractivity contribution in [3.63, 3.8) is 0 Å². The average molecular weight is 585 g/mol. The van der Waals surface area contributed by atoms with Crippen molar-refractivity contribution in [1.29, 1.82) is 5.41 Å². The molecule has 3 aromatic rings. The summed E-state index contributed by atoms with van der Waals surface area (Å²) in [5.41, 5.74) is -0.979. The van der Waals surface area contributed by atoms with E-state index in [-0.39, 0.29) is 42.1 Å². The molecule has 11 nitrogen and oxygen atoms in total. The van der Waals surface area contributed by atoms with E-state index in [1.54, 1.807) is 19.2 Å². The predicted octanol–water partition coefficient (Wildman–Crippen LogP) is 4.04. The van der Waals surface area contributed by atoms with Gasteiger partial charge in [0, 0.05) is 18.4 Å². The van der Waals surface area contributed by atoms with Crippen LogP contribution in [0.25, 0.3) is 0 Å². The maximum absolute atomic E-state index is 14.9. The van der Waals surface area contributed by atoms with Gasteiger partial charge in [0.05, 0.1) is 35.9 Å². The number of nitrogens with one attached hydrogen (secondary N) is 4. The van der Waals surface area contributed by atoms with E-state index in [9.17, 15) is 22.4 Å². The second-order valence-electron chi connectivity index (χ2n) is 9.10. The molecule has 218 valence electrons. The average Bonchev–Trinajstić information content (AvgIpc) is 3.38. The van der Waals surface area contributed by atoms with Crippen LogP contribution in [0.1, 0.15) is 27.0 Å². The van der Waals surface area contributed by atoms with Gasteiger partial charge < -0.3 is 25.0 Å². The van der Waals surface area contributed by atoms with E-state index in [0.717, 1.165) is 24.3 Å². The number of halogens is 4. The van der Waals surface area contributed by atoms with Gasteiger partial charge in [-0.3, -0.25) is 15.5 Å². The molecule has 1 aromatic heterocycles. The lowest BCUT2D eigenvalue weighted by Crippen LogP contribution is -2.40. The first-order valence-corrected chi connectivity index (χ1v) is 12.5. The number of hydrogen-bond acceptors (Lipinski definition) is 9. The Morgan fingerprint density at radius 3 is 2.67 bits per heavy atom. The summed E-state index contributed by atoms with van der Waals surface area (Å²) in [6.45, 7) is 0.593. The van der Waals surface area contributed by atoms with Gasteiger partial charge in [-0.15, -0.1) is 0 Å². The Balaban J connectivity index is 1.44. The molecule has 1 fully saturated rings. The van der Waals surface area contributed by atoms with Crippen molar-refractivity contribution in [1.82, 2.24) is 20.5 Å². The zero-order valence-corrected chi connectivity index (χ0v) is 22.0. The molecule has 2 aliphatic heterocycles. The van der Waals surface area contributed by atoms with E-state index >= 15 is 0 Å². The molecular formula is C27H24F4N8O3. The molecular weight excluding hydrogens is 560 g/mol. The minimum atomic E-state index is -4.69. The first-order chi connectivity index (χ1) is 20.1. The summed E-state index contributed by atoms with van der Waals surface area (Å²) in [7, 11) is 1.64. The highest BCUT2D eigenvalue weighted by molar-refractivity contribution is 6.05. The fraction of sp³-hybridized carbons (Fsp3) is 0.222. The van der Waals surface area contributed by atoms with Crippen LogP contribution in [0.15, 0.2) is 64.7 Å². The quantitative estimate of drug-likeness (QED) is 0.294. The number of aromatic nitrogens is 1. The Kier molecular flexibility index (Phi) is 7.76. The van der Waals surface area contributed by atoms with Gasteiger partial charge >= 0.3 is 6.18 Å². The van der Waals surface area contributed by atoms with Crippen LogP contribution in [0.4, 0.5) is 23.2 Å². The first kappa shape index (κ1) is 28.5. The lowest BCUT2D eigenvalue weighted by atomic mass is 10.1. The summed E-state index contributed by atoms with van der Waals surface area (Å²) in [6.07, 6.45) is -0.354. The van der Waals surface area contributed by atoms with Gasteiger partial charge in [-0.1, -0.05) is 6.07 Å². The number of rotatable bonds is 8. The lowest BCUT2D eigenvalue weighted by Gasteiger charge is -2.28. The molecule has 2 aliphatic rings. The fourth-order valence-electron chi connectivity index (χ4n) is 4.32. The van der Waals surface area contributed by atoms with Gasteiger partial charge in [-0.2, -0.15) is 13.2 Å². The third-order valence-electron chi connectivity index (χ3n) is 6.48. The van der Waals surface area contributed by atoms with Crippen molar-refractivity contribution in [2.75, 3.05) is 25.5 Å². The third kappa shape index (κ3) is 5.85. The summed E-state index contributed by atoms with van der Waals surface area (Å²) < 4.78 is 66.3. The number of alkyl halides is 3. The first-order valence-electron chi connectivity index (χ1n) is 12.5. The SMILES string of the molecule is CNC1(c2cccnc2Oc2ccc(F)c(C(=O)Nc3cc(C(F)(F)F)ccc3CN3CCOC3=N)c2)N=CNC=N1. The van der Waals surface area contributed by atoms with E-state index in [2.05, 4.69) is 30.9 Å². The van der Waals surface area contributed by atoms with E-state index in [1.165, 1.54) is 35.9 Å². The highest BCUT2D eigenvalue weighted by Gasteiger charge is 2.34. The molecule has 42 heavy (non-hydrogen) atoms. The third-order valence-corrected chi connectivity index (χ3v) is 6.48. The maximum atomic E-state index is 14.9. The smallest absolute Gasteiger partial charge is 0.416 e. The van der Waals surface area contributed by atoms with Crippen LogP contribution in [-0.4, -0.2) is 54.7 Å². The van der Waals surface area contributed by atoms with Crippen LogP contribution >= 0.6 is 0 Å². The van der Waals surface area contributed by atoms with Crippen molar-refractivity contribution in [3.05, 3.63) is 82.8 Å². The second-order valence-corrected chi connectivity index (χ2v) is 9.10. The molecule has 1 amide bonds. The molecule has 5 rings (SSSR count). The summed E-state index contributed by atoms with van der Waals surface area (Å²) in [5, 5.41) is 16.0. The monoisotopic (exact) mass is 584 g/mol. The van der Waals surface area contributed by atoms with Gasteiger partial charge in [0.2, 0.25) is 11.7 Å². The van der Waals surface area contributed by atoms with Crippen LogP contribution in [0.2, 0.25) is 0 Å². The van der Waals surface area contributed by atoms with Crippen LogP contribution in [0.3, 0.4) is 0 Å². The summed E-state index contributed by atoms with van der Waals surface area (Å²) >= 11 is 0. The van der Waals surface area contributed by atoms with Crippen molar-refractivity contribution in [2.24, 2.45) is 9.98 Å². The molecule has 1 saturated heterocycles. The second kappa shape index (κ2) is 11.4. The molecule has 2 aromatic carbocycles. The molecule has 15 heteroatoms. The van der Waals surface area contributed by atoms with E-state index < -0.39 is 34.8 Å². The van der Waals surface area contributed by atoms with Gasteiger partial charge in [0.1, 0.15) is 18.2 Å². The van der Waals surface area contributed by atoms with Gasteiger partial charge in [-0.25, -0.2) is 19.4 Å². The van der Waals surface area contributed by atoms with E-state index in [0.29, 0.717) is 12.1 Å². The Bertz CT molecular complexity index is 1570. The molecule has 0 aliphatic carbocycles. The Morgan fingerprint density at radius 1 is 1.19 bits per heavy atom. The molecule has 0 atom stereocenters. The highest BCUT2D eigenvalue weighted by Crippen LogP contribution is 2.35. The molecule has 3 heterocycles. The molecule has 0 saturated carbocycles. The number of anilines is 1. The molecule has 0 unspecified atom stereocenters. The molecule has 0 spiro atoms. The fourth-order valence-corrected chi connectivity index (χ4v) is 4.32. The maximum Gasteiger partial charge on any atom is 0.416 e. The zero-order valence-electron chi connectivity index (χ0n) is 22.0. The number of carbonyl (C=O) groups excluding carboxylic acids is 1. The number of nitrogens with zero attached hydrogens (tertiary/aromatic N) is 4. The van der Waals surface area contributed by atoms with Gasteiger partial charge in [0.15, 0.2) is 0 Å². The Hall–Kier alpha value is -5.05. The number of amides is 1. The van der Waals surface area contributed by atoms with Crippen molar-refractivity contribution < 1.29 is 31.8 Å². The van der Waals surface area contributed by atoms with Crippen LogP contribution < -0.4 is 20.7 Å².